The first kappa shape index (κ1) is 27.6. The van der Waals surface area contributed by atoms with Gasteiger partial charge in [-0.1, -0.05) is 24.3 Å². The van der Waals surface area contributed by atoms with Gasteiger partial charge in [0.05, 0.1) is 18.1 Å². The number of aliphatic carboxylic acids is 1. The van der Waals surface area contributed by atoms with E-state index in [4.69, 9.17) is 9.84 Å². The van der Waals surface area contributed by atoms with Crippen LogP contribution in [0, 0.1) is 25.6 Å². The molecule has 0 atom stereocenters. The van der Waals surface area contributed by atoms with Gasteiger partial charge < -0.3 is 15.2 Å². The van der Waals surface area contributed by atoms with Crippen LogP contribution in [0.3, 0.4) is 0 Å². The van der Waals surface area contributed by atoms with Gasteiger partial charge in [-0.05, 0) is 103 Å². The summed E-state index contributed by atoms with van der Waals surface area (Å²) >= 11 is 0. The molecule has 0 bridgehead atoms. The summed E-state index contributed by atoms with van der Waals surface area (Å²) in [4.78, 5) is 10.7. The SMILES string of the molecule is Cc1cc(OCC2CCS(=O)(=O)CC2)cc(C)c1-c1cccc(CNc2ccc(CCC(=O)O)c(F)c2)c1. The number of halogens is 1. The third-order valence-corrected chi connectivity index (χ3v) is 8.76. The molecular weight excluding hydrogens is 505 g/mol. The van der Waals surface area contributed by atoms with Crippen LogP contribution in [-0.2, 0) is 27.6 Å². The van der Waals surface area contributed by atoms with Gasteiger partial charge in [-0.2, -0.15) is 0 Å². The first-order chi connectivity index (χ1) is 18.1. The number of hydrogen-bond acceptors (Lipinski definition) is 5. The second-order valence-electron chi connectivity index (χ2n) is 10.1. The van der Waals surface area contributed by atoms with Gasteiger partial charge in [-0.15, -0.1) is 0 Å². The molecule has 8 heteroatoms. The fourth-order valence-electron chi connectivity index (χ4n) is 4.92. The van der Waals surface area contributed by atoms with Crippen molar-refractivity contribution in [2.24, 2.45) is 5.92 Å². The second kappa shape index (κ2) is 12.0. The number of hydrogen-bond donors (Lipinski definition) is 2. The van der Waals surface area contributed by atoms with E-state index < -0.39 is 21.6 Å². The third-order valence-electron chi connectivity index (χ3n) is 7.04. The van der Waals surface area contributed by atoms with E-state index in [1.54, 1.807) is 12.1 Å². The summed E-state index contributed by atoms with van der Waals surface area (Å²) in [6.07, 6.45) is 1.37. The van der Waals surface area contributed by atoms with Crippen LogP contribution in [0.15, 0.2) is 54.6 Å². The second-order valence-corrected chi connectivity index (χ2v) is 12.4. The maximum absolute atomic E-state index is 14.4. The number of benzene rings is 3. The van der Waals surface area contributed by atoms with Gasteiger partial charge in [0.15, 0.2) is 0 Å². The molecule has 3 aromatic rings. The molecule has 0 saturated carbocycles. The largest absolute Gasteiger partial charge is 0.493 e. The van der Waals surface area contributed by atoms with Gasteiger partial charge >= 0.3 is 5.97 Å². The lowest BCUT2D eigenvalue weighted by molar-refractivity contribution is -0.136. The van der Waals surface area contributed by atoms with Gasteiger partial charge in [-0.3, -0.25) is 4.79 Å². The highest BCUT2D eigenvalue weighted by molar-refractivity contribution is 7.91. The Balaban J connectivity index is 1.40. The number of anilines is 1. The molecule has 0 unspecified atom stereocenters. The number of carboxylic acid groups (broad SMARTS) is 1. The minimum Gasteiger partial charge on any atom is -0.493 e. The van der Waals surface area contributed by atoms with Crippen LogP contribution >= 0.6 is 0 Å². The van der Waals surface area contributed by atoms with Gasteiger partial charge in [0, 0.05) is 18.7 Å². The minimum atomic E-state index is -2.88. The van der Waals surface area contributed by atoms with Crippen molar-refractivity contribution in [2.75, 3.05) is 23.4 Å². The van der Waals surface area contributed by atoms with Gasteiger partial charge in [-0.25, -0.2) is 12.8 Å². The number of nitrogens with one attached hydrogen (secondary N) is 1. The number of carboxylic acids is 1. The van der Waals surface area contributed by atoms with E-state index in [2.05, 4.69) is 31.3 Å². The summed E-state index contributed by atoms with van der Waals surface area (Å²) < 4.78 is 43.7. The van der Waals surface area contributed by atoms with E-state index in [-0.39, 0.29) is 30.3 Å². The van der Waals surface area contributed by atoms with Crippen molar-refractivity contribution in [3.8, 4) is 16.9 Å². The number of rotatable bonds is 10. The molecule has 0 spiro atoms. The van der Waals surface area contributed by atoms with Crippen molar-refractivity contribution in [3.05, 3.63) is 82.7 Å². The average molecular weight is 540 g/mol. The monoisotopic (exact) mass is 539 g/mol. The predicted octanol–water partition coefficient (Wildman–Crippen LogP) is 5.94. The van der Waals surface area contributed by atoms with Crippen molar-refractivity contribution in [3.63, 3.8) is 0 Å². The van der Waals surface area contributed by atoms with Crippen molar-refractivity contribution in [2.45, 2.75) is 46.1 Å². The molecule has 6 nitrogen and oxygen atoms in total. The Hall–Kier alpha value is -3.39. The molecular formula is C30H34FNO5S. The summed E-state index contributed by atoms with van der Waals surface area (Å²) in [6, 6.07) is 17.1. The van der Waals surface area contributed by atoms with E-state index in [1.807, 2.05) is 24.3 Å². The van der Waals surface area contributed by atoms with Crippen LogP contribution in [0.4, 0.5) is 10.1 Å². The van der Waals surface area contributed by atoms with Gasteiger partial charge in [0.2, 0.25) is 0 Å². The summed E-state index contributed by atoms with van der Waals surface area (Å²) in [5, 5.41) is 12.1. The topological polar surface area (TPSA) is 92.7 Å². The van der Waals surface area contributed by atoms with Crippen molar-refractivity contribution >= 4 is 21.5 Å². The Morgan fingerprint density at radius 3 is 2.42 bits per heavy atom. The number of sulfone groups is 1. The van der Waals surface area contributed by atoms with E-state index in [0.717, 1.165) is 33.6 Å². The van der Waals surface area contributed by atoms with Gasteiger partial charge in [0.1, 0.15) is 21.4 Å². The number of ether oxygens (including phenoxy) is 1. The lowest BCUT2D eigenvalue weighted by Crippen LogP contribution is -2.26. The van der Waals surface area contributed by atoms with Crippen LogP contribution in [0.2, 0.25) is 0 Å². The molecule has 2 N–H and O–H groups in total. The third kappa shape index (κ3) is 7.34. The zero-order chi connectivity index (χ0) is 27.3. The standard InChI is InChI=1S/C30H34FNO5S/c1-20-14-27(37-19-22-10-12-38(35,36)13-11-22)15-21(2)30(20)25-5-3-4-23(16-25)18-32-26-8-6-24(28(31)17-26)7-9-29(33)34/h3-6,8,14-17,22,32H,7,9-13,18-19H2,1-2H3,(H,33,34). The highest BCUT2D eigenvalue weighted by atomic mass is 32.2. The van der Waals surface area contributed by atoms with Crippen LogP contribution in [0.5, 0.6) is 5.75 Å². The molecule has 0 radical (unpaired) electrons. The molecule has 0 amide bonds. The lowest BCUT2D eigenvalue weighted by Gasteiger charge is -2.22. The predicted molar refractivity (Wildman–Crippen MR) is 148 cm³/mol. The van der Waals surface area contributed by atoms with E-state index >= 15 is 0 Å². The molecule has 38 heavy (non-hydrogen) atoms. The minimum absolute atomic E-state index is 0.102. The fourth-order valence-corrected chi connectivity index (χ4v) is 6.51. The molecule has 1 fully saturated rings. The Morgan fingerprint density at radius 2 is 1.76 bits per heavy atom. The zero-order valence-corrected chi connectivity index (χ0v) is 22.6. The Labute approximate surface area is 223 Å². The Bertz CT molecular complexity index is 1380. The normalized spacial score (nSPS) is 15.2. The van der Waals surface area contributed by atoms with Crippen LogP contribution in [0.1, 0.15) is 41.5 Å². The molecule has 3 aromatic carbocycles. The average Bonchev–Trinajstić information content (AvgIpc) is 2.86. The summed E-state index contributed by atoms with van der Waals surface area (Å²) in [5.74, 6) is 0.193. The number of carbonyl (C=O) groups is 1. The lowest BCUT2D eigenvalue weighted by atomic mass is 9.94. The van der Waals surface area contributed by atoms with Crippen LogP contribution in [-0.4, -0.2) is 37.6 Å². The van der Waals surface area contributed by atoms with Crippen LogP contribution in [0.25, 0.3) is 11.1 Å². The van der Waals surface area contributed by atoms with E-state index in [1.165, 1.54) is 6.07 Å². The van der Waals surface area contributed by atoms with Gasteiger partial charge in [0.25, 0.3) is 0 Å². The molecule has 0 aromatic heterocycles. The molecule has 4 rings (SSSR count). The maximum atomic E-state index is 14.4. The first-order valence-electron chi connectivity index (χ1n) is 12.9. The molecule has 1 aliphatic rings. The number of aryl methyl sites for hydroxylation is 3. The summed E-state index contributed by atoms with van der Waals surface area (Å²) in [5.41, 5.74) is 6.48. The maximum Gasteiger partial charge on any atom is 0.303 e. The zero-order valence-electron chi connectivity index (χ0n) is 21.8. The molecule has 1 saturated heterocycles. The van der Waals surface area contributed by atoms with Crippen molar-refractivity contribution < 1.29 is 27.4 Å². The van der Waals surface area contributed by atoms with Crippen LogP contribution < -0.4 is 10.1 Å². The molecule has 1 heterocycles. The Kier molecular flexibility index (Phi) is 8.72. The summed E-state index contributed by atoms with van der Waals surface area (Å²) in [6.45, 7) is 5.15. The van der Waals surface area contributed by atoms with Crippen molar-refractivity contribution in [1.29, 1.82) is 0 Å². The highest BCUT2D eigenvalue weighted by Crippen LogP contribution is 2.32. The fraction of sp³-hybridized carbons (Fsp3) is 0.367. The quantitative estimate of drug-likeness (QED) is 0.331. The highest BCUT2D eigenvalue weighted by Gasteiger charge is 2.24. The summed E-state index contributed by atoms with van der Waals surface area (Å²) in [7, 11) is -2.88. The molecule has 0 aliphatic carbocycles. The van der Waals surface area contributed by atoms with E-state index in [0.29, 0.717) is 37.2 Å². The smallest absolute Gasteiger partial charge is 0.303 e. The van der Waals surface area contributed by atoms with E-state index in [9.17, 15) is 17.6 Å². The molecule has 202 valence electrons. The molecule has 1 aliphatic heterocycles. The first-order valence-corrected chi connectivity index (χ1v) is 14.7. The van der Waals surface area contributed by atoms with Crippen molar-refractivity contribution in [1.82, 2.24) is 0 Å². The Morgan fingerprint density at radius 1 is 1.05 bits per heavy atom.